The summed E-state index contributed by atoms with van der Waals surface area (Å²) in [4.78, 5) is 12.1. The molecule has 116 valence electrons. The minimum atomic E-state index is -0.0178. The van der Waals surface area contributed by atoms with Gasteiger partial charge in [0.15, 0.2) is 11.5 Å². The molecule has 5 nitrogen and oxygen atoms in total. The Bertz CT molecular complexity index is 503. The molecule has 0 spiro atoms. The van der Waals surface area contributed by atoms with Crippen LogP contribution in [0, 0.1) is 5.41 Å². The number of rotatable bonds is 7. The third-order valence-corrected chi connectivity index (χ3v) is 4.45. The number of amides is 1. The van der Waals surface area contributed by atoms with Crippen molar-refractivity contribution in [1.29, 1.82) is 0 Å². The molecule has 2 rings (SSSR count). The maximum Gasteiger partial charge on any atom is 0.224 e. The highest BCUT2D eigenvalue weighted by atomic mass is 32.1. The first-order valence-electron chi connectivity index (χ1n) is 6.78. The summed E-state index contributed by atoms with van der Waals surface area (Å²) in [5.74, 6) is 2.27. The first kappa shape index (κ1) is 15.8. The van der Waals surface area contributed by atoms with E-state index < -0.39 is 0 Å². The third-order valence-electron chi connectivity index (χ3n) is 3.78. The van der Waals surface area contributed by atoms with Gasteiger partial charge in [0.05, 0.1) is 21.3 Å². The van der Waals surface area contributed by atoms with Crippen LogP contribution in [0.1, 0.15) is 19.3 Å². The molecule has 0 saturated heterocycles. The summed E-state index contributed by atoms with van der Waals surface area (Å²) in [5, 5.41) is 2.88. The van der Waals surface area contributed by atoms with Gasteiger partial charge in [-0.05, 0) is 24.0 Å². The number of carbonyl (C=O) groups is 1. The van der Waals surface area contributed by atoms with Crippen LogP contribution in [0.2, 0.25) is 0 Å². The number of methoxy groups -OCH3 is 3. The predicted molar refractivity (Wildman–Crippen MR) is 84.9 cm³/mol. The fourth-order valence-corrected chi connectivity index (χ4v) is 2.69. The Morgan fingerprint density at radius 1 is 1.19 bits per heavy atom. The van der Waals surface area contributed by atoms with Gasteiger partial charge < -0.3 is 19.5 Å². The monoisotopic (exact) mass is 311 g/mol. The number of nitrogens with one attached hydrogen (secondary N) is 1. The SMILES string of the molecule is COc1cc(NC(=O)CC2(CS)CC2)cc(OC)c1OC. The van der Waals surface area contributed by atoms with Gasteiger partial charge in [0.2, 0.25) is 11.7 Å². The summed E-state index contributed by atoms with van der Waals surface area (Å²) >= 11 is 4.32. The van der Waals surface area contributed by atoms with Crippen molar-refractivity contribution in [3.63, 3.8) is 0 Å². The molecule has 1 amide bonds. The topological polar surface area (TPSA) is 56.8 Å². The lowest BCUT2D eigenvalue weighted by Gasteiger charge is -2.16. The molecule has 1 saturated carbocycles. The zero-order valence-electron chi connectivity index (χ0n) is 12.6. The van der Waals surface area contributed by atoms with Crippen LogP contribution in [0.3, 0.4) is 0 Å². The average molecular weight is 311 g/mol. The first-order chi connectivity index (χ1) is 10.1. The number of anilines is 1. The minimum absolute atomic E-state index is 0.0178. The number of thiol groups is 1. The number of ether oxygens (including phenoxy) is 3. The van der Waals surface area contributed by atoms with Gasteiger partial charge in [0.1, 0.15) is 0 Å². The largest absolute Gasteiger partial charge is 0.493 e. The van der Waals surface area contributed by atoms with E-state index in [9.17, 15) is 4.79 Å². The van der Waals surface area contributed by atoms with E-state index in [1.807, 2.05) is 0 Å². The number of hydrogen-bond acceptors (Lipinski definition) is 5. The molecule has 0 radical (unpaired) electrons. The van der Waals surface area contributed by atoms with Crippen LogP contribution in [0.15, 0.2) is 12.1 Å². The van der Waals surface area contributed by atoms with E-state index in [0.717, 1.165) is 18.6 Å². The predicted octanol–water partition coefficient (Wildman–Crippen LogP) is 2.75. The molecular formula is C15H21NO4S. The summed E-state index contributed by atoms with van der Waals surface area (Å²) in [5.41, 5.74) is 0.720. The van der Waals surface area contributed by atoms with Crippen molar-refractivity contribution in [3.05, 3.63) is 12.1 Å². The van der Waals surface area contributed by atoms with Crippen LogP contribution in [0.5, 0.6) is 17.2 Å². The number of carbonyl (C=O) groups excluding carboxylic acids is 1. The van der Waals surface area contributed by atoms with Crippen molar-refractivity contribution in [2.75, 3.05) is 32.4 Å². The molecule has 1 aliphatic carbocycles. The first-order valence-corrected chi connectivity index (χ1v) is 7.41. The van der Waals surface area contributed by atoms with Gasteiger partial charge in [-0.15, -0.1) is 0 Å². The average Bonchev–Trinajstić information content (AvgIpc) is 3.25. The molecule has 1 aromatic carbocycles. The summed E-state index contributed by atoms with van der Waals surface area (Å²) < 4.78 is 15.8. The maximum absolute atomic E-state index is 12.1. The van der Waals surface area contributed by atoms with Crippen LogP contribution in [-0.2, 0) is 4.79 Å². The highest BCUT2D eigenvalue weighted by Gasteiger charge is 2.42. The smallest absolute Gasteiger partial charge is 0.224 e. The van der Waals surface area contributed by atoms with Gasteiger partial charge >= 0.3 is 0 Å². The molecule has 21 heavy (non-hydrogen) atoms. The molecule has 1 aromatic rings. The van der Waals surface area contributed by atoms with E-state index in [4.69, 9.17) is 14.2 Å². The van der Waals surface area contributed by atoms with Crippen molar-refractivity contribution >= 4 is 24.2 Å². The fraction of sp³-hybridized carbons (Fsp3) is 0.533. The summed E-state index contributed by atoms with van der Waals surface area (Å²) in [6.07, 6.45) is 2.63. The lowest BCUT2D eigenvalue weighted by atomic mass is 10.1. The van der Waals surface area contributed by atoms with E-state index in [2.05, 4.69) is 17.9 Å². The van der Waals surface area contributed by atoms with E-state index in [1.165, 1.54) is 0 Å². The molecule has 1 N–H and O–H groups in total. The standard InChI is InChI=1S/C15H21NO4S/c1-18-11-6-10(7-12(19-2)14(11)20-3)16-13(17)8-15(9-21)4-5-15/h6-7,21H,4-5,8-9H2,1-3H3,(H,16,17). The molecule has 0 bridgehead atoms. The van der Waals surface area contributed by atoms with Crippen molar-refractivity contribution in [2.24, 2.45) is 5.41 Å². The van der Waals surface area contributed by atoms with Crippen molar-refractivity contribution in [2.45, 2.75) is 19.3 Å². The zero-order valence-corrected chi connectivity index (χ0v) is 13.5. The van der Waals surface area contributed by atoms with Gasteiger partial charge in [0, 0.05) is 24.2 Å². The summed E-state index contributed by atoms with van der Waals surface area (Å²) in [7, 11) is 4.63. The third kappa shape index (κ3) is 3.56. The minimum Gasteiger partial charge on any atom is -0.493 e. The maximum atomic E-state index is 12.1. The quantitative estimate of drug-likeness (QED) is 0.760. The fourth-order valence-electron chi connectivity index (χ4n) is 2.27. The van der Waals surface area contributed by atoms with Gasteiger partial charge in [-0.1, -0.05) is 0 Å². The molecule has 0 unspecified atom stereocenters. The Morgan fingerprint density at radius 3 is 2.14 bits per heavy atom. The molecule has 0 heterocycles. The summed E-state index contributed by atoms with van der Waals surface area (Å²) in [6.45, 7) is 0. The van der Waals surface area contributed by atoms with Gasteiger partial charge in [-0.3, -0.25) is 4.79 Å². The van der Waals surface area contributed by atoms with E-state index in [1.54, 1.807) is 33.5 Å². The summed E-state index contributed by atoms with van der Waals surface area (Å²) in [6, 6.07) is 3.44. The number of hydrogen-bond donors (Lipinski definition) is 2. The Hall–Kier alpha value is -1.56. The van der Waals surface area contributed by atoms with Crippen LogP contribution in [0.4, 0.5) is 5.69 Å². The lowest BCUT2D eigenvalue weighted by Crippen LogP contribution is -2.18. The second-order valence-electron chi connectivity index (χ2n) is 5.30. The van der Waals surface area contributed by atoms with Crippen LogP contribution >= 0.6 is 12.6 Å². The Labute approximate surface area is 130 Å². The van der Waals surface area contributed by atoms with Gasteiger partial charge in [-0.2, -0.15) is 12.6 Å². The number of benzene rings is 1. The second kappa shape index (κ2) is 6.47. The van der Waals surface area contributed by atoms with Crippen LogP contribution in [0.25, 0.3) is 0 Å². The molecular weight excluding hydrogens is 290 g/mol. The lowest BCUT2D eigenvalue weighted by molar-refractivity contribution is -0.117. The van der Waals surface area contributed by atoms with E-state index in [-0.39, 0.29) is 11.3 Å². The molecule has 1 aliphatic rings. The second-order valence-corrected chi connectivity index (χ2v) is 5.61. The Kier molecular flexibility index (Phi) is 4.88. The molecule has 1 fully saturated rings. The highest BCUT2D eigenvalue weighted by Crippen LogP contribution is 2.49. The van der Waals surface area contributed by atoms with Crippen LogP contribution < -0.4 is 19.5 Å². The Balaban J connectivity index is 2.14. The van der Waals surface area contributed by atoms with Crippen molar-refractivity contribution < 1.29 is 19.0 Å². The van der Waals surface area contributed by atoms with Crippen molar-refractivity contribution in [3.8, 4) is 17.2 Å². The molecule has 6 heteroatoms. The van der Waals surface area contributed by atoms with E-state index >= 15 is 0 Å². The molecule has 0 aliphatic heterocycles. The Morgan fingerprint density at radius 2 is 1.76 bits per heavy atom. The van der Waals surface area contributed by atoms with Gasteiger partial charge in [-0.25, -0.2) is 0 Å². The van der Waals surface area contributed by atoms with Crippen molar-refractivity contribution in [1.82, 2.24) is 0 Å². The van der Waals surface area contributed by atoms with E-state index in [0.29, 0.717) is 29.4 Å². The van der Waals surface area contributed by atoms with Gasteiger partial charge in [0.25, 0.3) is 0 Å². The molecule has 0 atom stereocenters. The zero-order chi connectivity index (χ0) is 15.5. The normalized spacial score (nSPS) is 15.2. The highest BCUT2D eigenvalue weighted by molar-refractivity contribution is 7.80. The molecule has 0 aromatic heterocycles. The van der Waals surface area contributed by atoms with Crippen LogP contribution in [-0.4, -0.2) is 33.0 Å².